The first-order valence-electron chi connectivity index (χ1n) is 8.68. The van der Waals surface area contributed by atoms with Crippen LogP contribution in [-0.2, 0) is 11.8 Å². The zero-order chi connectivity index (χ0) is 18.8. The fourth-order valence-corrected chi connectivity index (χ4v) is 3.09. The van der Waals surface area contributed by atoms with Gasteiger partial charge >= 0.3 is 0 Å². The third-order valence-corrected chi connectivity index (χ3v) is 4.50. The molecule has 0 aliphatic carbocycles. The highest BCUT2D eigenvalue weighted by molar-refractivity contribution is 6.15. The highest BCUT2D eigenvalue weighted by atomic mass is 16.2. The Morgan fingerprint density at radius 3 is 2.81 bits per heavy atom. The van der Waals surface area contributed by atoms with Crippen LogP contribution in [0.1, 0.15) is 17.2 Å². The molecule has 0 spiro atoms. The first-order chi connectivity index (χ1) is 13.1. The number of nitrogens with zero attached hydrogens (tertiary/aromatic N) is 3. The molecule has 2 heterocycles. The van der Waals surface area contributed by atoms with Crippen molar-refractivity contribution in [2.24, 2.45) is 17.8 Å². The summed E-state index contributed by atoms with van der Waals surface area (Å²) in [4.78, 5) is 16.8. The van der Waals surface area contributed by atoms with Crippen LogP contribution in [0.2, 0.25) is 0 Å². The predicted octanol–water partition coefficient (Wildman–Crippen LogP) is 1.69. The molecule has 1 aliphatic rings. The lowest BCUT2D eigenvalue weighted by Gasteiger charge is -2.11. The minimum Gasteiger partial charge on any atom is -0.328 e. The number of hydrogen-bond donors (Lipinski definition) is 3. The lowest BCUT2D eigenvalue weighted by atomic mass is 10.1. The zero-order valence-electron chi connectivity index (χ0n) is 14.9. The number of carbonyl (C=O) groups is 1. The smallest absolute Gasteiger partial charge is 0.274 e. The molecular weight excluding hydrogens is 340 g/mol. The summed E-state index contributed by atoms with van der Waals surface area (Å²) >= 11 is 0. The van der Waals surface area contributed by atoms with E-state index in [2.05, 4.69) is 20.7 Å². The van der Waals surface area contributed by atoms with Crippen molar-refractivity contribution in [3.8, 4) is 0 Å². The van der Waals surface area contributed by atoms with Crippen LogP contribution in [0.5, 0.6) is 0 Å². The normalized spacial score (nSPS) is 18.1. The third kappa shape index (κ3) is 3.45. The molecule has 0 unspecified atom stereocenters. The SMILES string of the molecule is Cn1ncc2cc(/C=C3\NC(=N[C@H](CN)c4ccccc4)NC3=O)ccc21. The largest absolute Gasteiger partial charge is 0.328 e. The molecule has 0 bridgehead atoms. The van der Waals surface area contributed by atoms with Crippen molar-refractivity contribution in [3.63, 3.8) is 0 Å². The molecule has 1 amide bonds. The Hall–Kier alpha value is -3.45. The lowest BCUT2D eigenvalue weighted by Crippen LogP contribution is -2.27. The number of benzene rings is 2. The first kappa shape index (κ1) is 17.0. The van der Waals surface area contributed by atoms with Crippen LogP contribution in [0.3, 0.4) is 0 Å². The highest BCUT2D eigenvalue weighted by Crippen LogP contribution is 2.19. The fourth-order valence-electron chi connectivity index (χ4n) is 3.09. The molecular formula is C20H20N6O. The molecule has 1 atom stereocenters. The summed E-state index contributed by atoms with van der Waals surface area (Å²) in [5.41, 5.74) is 9.26. The number of nitrogens with two attached hydrogens (primary N) is 1. The number of fused-ring (bicyclic) bond motifs is 1. The minimum atomic E-state index is -0.222. The van der Waals surface area contributed by atoms with Gasteiger partial charge in [-0.1, -0.05) is 36.4 Å². The van der Waals surface area contributed by atoms with E-state index in [1.54, 1.807) is 12.3 Å². The second-order valence-electron chi connectivity index (χ2n) is 6.36. The van der Waals surface area contributed by atoms with E-state index in [4.69, 9.17) is 5.73 Å². The molecule has 1 aromatic heterocycles. The Kier molecular flexibility index (Phi) is 4.43. The maximum absolute atomic E-state index is 12.3. The maximum atomic E-state index is 12.3. The van der Waals surface area contributed by atoms with E-state index in [1.165, 1.54) is 0 Å². The fraction of sp³-hybridized carbons (Fsp3) is 0.150. The molecule has 0 radical (unpaired) electrons. The van der Waals surface area contributed by atoms with Gasteiger partial charge in [0, 0.05) is 19.0 Å². The van der Waals surface area contributed by atoms with E-state index >= 15 is 0 Å². The number of nitrogens with one attached hydrogen (secondary N) is 2. The van der Waals surface area contributed by atoms with Crippen LogP contribution in [0.15, 0.2) is 65.4 Å². The third-order valence-electron chi connectivity index (χ3n) is 4.50. The quantitative estimate of drug-likeness (QED) is 0.617. The number of carbonyl (C=O) groups excluding carboxylic acids is 1. The number of aliphatic imine (C=N–C) groups is 1. The van der Waals surface area contributed by atoms with Gasteiger partial charge in [0.25, 0.3) is 5.91 Å². The van der Waals surface area contributed by atoms with E-state index in [-0.39, 0.29) is 11.9 Å². The molecule has 2 aromatic carbocycles. The highest BCUT2D eigenvalue weighted by Gasteiger charge is 2.23. The van der Waals surface area contributed by atoms with Crippen molar-refractivity contribution in [2.75, 3.05) is 6.54 Å². The molecule has 4 rings (SSSR count). The van der Waals surface area contributed by atoms with Crippen molar-refractivity contribution in [1.82, 2.24) is 20.4 Å². The maximum Gasteiger partial charge on any atom is 0.274 e. The van der Waals surface area contributed by atoms with Gasteiger partial charge < -0.3 is 11.1 Å². The van der Waals surface area contributed by atoms with Crippen molar-refractivity contribution < 1.29 is 4.79 Å². The Labute approximate surface area is 156 Å². The summed E-state index contributed by atoms with van der Waals surface area (Å²) < 4.78 is 1.81. The molecule has 27 heavy (non-hydrogen) atoms. The van der Waals surface area contributed by atoms with Gasteiger partial charge in [0.2, 0.25) is 5.96 Å². The Morgan fingerprint density at radius 1 is 1.22 bits per heavy atom. The van der Waals surface area contributed by atoms with Crippen molar-refractivity contribution in [2.45, 2.75) is 6.04 Å². The Bertz CT molecular complexity index is 1050. The first-order valence-corrected chi connectivity index (χ1v) is 8.68. The van der Waals surface area contributed by atoms with Gasteiger partial charge in [0.1, 0.15) is 5.70 Å². The lowest BCUT2D eigenvalue weighted by molar-refractivity contribution is -0.115. The second kappa shape index (κ2) is 7.05. The van der Waals surface area contributed by atoms with Gasteiger partial charge in [-0.05, 0) is 29.3 Å². The van der Waals surface area contributed by atoms with Crippen molar-refractivity contribution in [1.29, 1.82) is 0 Å². The second-order valence-corrected chi connectivity index (χ2v) is 6.36. The van der Waals surface area contributed by atoms with E-state index in [9.17, 15) is 4.79 Å². The zero-order valence-corrected chi connectivity index (χ0v) is 14.9. The minimum absolute atomic E-state index is 0.219. The molecule has 7 heteroatoms. The van der Waals surface area contributed by atoms with Gasteiger partial charge in [0.15, 0.2) is 0 Å². The monoisotopic (exact) mass is 360 g/mol. The number of amides is 1. The average molecular weight is 360 g/mol. The van der Waals surface area contributed by atoms with Crippen LogP contribution in [0, 0.1) is 0 Å². The van der Waals surface area contributed by atoms with Crippen LogP contribution in [0.25, 0.3) is 17.0 Å². The Balaban J connectivity index is 1.58. The summed E-state index contributed by atoms with van der Waals surface area (Å²) in [7, 11) is 1.90. The van der Waals surface area contributed by atoms with E-state index in [1.807, 2.05) is 60.3 Å². The molecule has 1 aliphatic heterocycles. The van der Waals surface area contributed by atoms with Gasteiger partial charge in [-0.25, -0.2) is 4.99 Å². The number of aromatic nitrogens is 2. The topological polar surface area (TPSA) is 97.3 Å². The van der Waals surface area contributed by atoms with Crippen LogP contribution in [-0.4, -0.2) is 28.2 Å². The molecule has 136 valence electrons. The molecule has 0 saturated carbocycles. The van der Waals surface area contributed by atoms with E-state index in [0.717, 1.165) is 22.0 Å². The standard InChI is InChI=1S/C20H20N6O/c1-26-18-8-7-13(9-15(18)12-22-26)10-16-19(27)25-20(23-16)24-17(11-21)14-5-3-2-4-6-14/h2-10,12,17H,11,21H2,1H3,(H2,23,24,25,27)/b16-10-/t17-/m1/s1. The van der Waals surface area contributed by atoms with Crippen LogP contribution >= 0.6 is 0 Å². The summed E-state index contributed by atoms with van der Waals surface area (Å²) in [5.74, 6) is 0.192. The molecule has 4 N–H and O–H groups in total. The van der Waals surface area contributed by atoms with Gasteiger partial charge in [-0.2, -0.15) is 5.10 Å². The van der Waals surface area contributed by atoms with Crippen molar-refractivity contribution >= 4 is 28.8 Å². The summed E-state index contributed by atoms with van der Waals surface area (Å²) in [6.45, 7) is 0.349. The number of rotatable bonds is 4. The summed E-state index contributed by atoms with van der Waals surface area (Å²) in [6, 6.07) is 15.5. The van der Waals surface area contributed by atoms with Gasteiger partial charge in [0.05, 0.1) is 17.8 Å². The summed E-state index contributed by atoms with van der Waals surface area (Å²) in [5, 5.41) is 11.1. The molecule has 1 saturated heterocycles. The van der Waals surface area contributed by atoms with Crippen LogP contribution in [0.4, 0.5) is 0 Å². The van der Waals surface area contributed by atoms with Gasteiger partial charge in [-0.15, -0.1) is 0 Å². The molecule has 1 fully saturated rings. The average Bonchev–Trinajstić information content (AvgIpc) is 3.23. The Morgan fingerprint density at radius 2 is 2.04 bits per heavy atom. The number of aryl methyl sites for hydroxylation is 1. The molecule has 7 nitrogen and oxygen atoms in total. The van der Waals surface area contributed by atoms with E-state index in [0.29, 0.717) is 18.2 Å². The summed E-state index contributed by atoms with van der Waals surface area (Å²) in [6.07, 6.45) is 3.60. The number of hydrogen-bond acceptors (Lipinski definition) is 4. The number of guanidine groups is 1. The van der Waals surface area contributed by atoms with Gasteiger partial charge in [-0.3, -0.25) is 14.8 Å². The van der Waals surface area contributed by atoms with E-state index < -0.39 is 0 Å². The van der Waals surface area contributed by atoms with Crippen LogP contribution < -0.4 is 16.4 Å². The predicted molar refractivity (Wildman–Crippen MR) is 106 cm³/mol. The molecule has 3 aromatic rings. The van der Waals surface area contributed by atoms with Crippen molar-refractivity contribution in [3.05, 3.63) is 71.6 Å².